The van der Waals surface area contributed by atoms with E-state index in [4.69, 9.17) is 4.74 Å². The van der Waals surface area contributed by atoms with Gasteiger partial charge in [-0.1, -0.05) is 0 Å². The fourth-order valence-corrected chi connectivity index (χ4v) is 5.53. The van der Waals surface area contributed by atoms with Crippen LogP contribution in [0.3, 0.4) is 0 Å². The van der Waals surface area contributed by atoms with Crippen LogP contribution in [0.15, 0.2) is 28.5 Å². The number of carbonyl (C=O) groups excluding carboxylic acids is 1. The van der Waals surface area contributed by atoms with E-state index in [0.717, 1.165) is 11.3 Å². The minimum absolute atomic E-state index is 0.0924. The number of benzene rings is 1. The summed E-state index contributed by atoms with van der Waals surface area (Å²) in [4.78, 5) is 12.9. The molecule has 1 amide bonds. The molecule has 1 aromatic carbocycles. The lowest BCUT2D eigenvalue weighted by Crippen LogP contribution is -2.35. The Morgan fingerprint density at radius 2 is 2.12 bits per heavy atom. The highest BCUT2D eigenvalue weighted by Crippen LogP contribution is 2.27. The molecule has 0 bridgehead atoms. The summed E-state index contributed by atoms with van der Waals surface area (Å²) in [6.45, 7) is 4.08. The number of nitrogens with one attached hydrogen (secondary N) is 2. The van der Waals surface area contributed by atoms with Crippen molar-refractivity contribution in [3.63, 3.8) is 0 Å². The van der Waals surface area contributed by atoms with Crippen LogP contribution in [-0.2, 0) is 14.8 Å². The van der Waals surface area contributed by atoms with Crippen molar-refractivity contribution in [2.24, 2.45) is 0 Å². The third kappa shape index (κ3) is 3.96. The first-order valence-corrected chi connectivity index (χ1v) is 10.4. The summed E-state index contributed by atoms with van der Waals surface area (Å²) in [6, 6.07) is 4.01. The smallest absolute Gasteiger partial charge is 0.266 e. The molecule has 9 heteroatoms. The van der Waals surface area contributed by atoms with Crippen molar-refractivity contribution in [3.05, 3.63) is 45.4 Å². The van der Waals surface area contributed by atoms with Crippen LogP contribution in [0.25, 0.3) is 0 Å². The molecule has 26 heavy (non-hydrogen) atoms. The largest absolute Gasteiger partial charge is 0.380 e. The Morgan fingerprint density at radius 3 is 2.77 bits per heavy atom. The molecule has 140 valence electrons. The predicted molar refractivity (Wildman–Crippen MR) is 97.7 cm³/mol. The second-order valence-corrected chi connectivity index (χ2v) is 8.72. The number of anilines is 1. The van der Waals surface area contributed by atoms with Crippen LogP contribution in [0.5, 0.6) is 0 Å². The van der Waals surface area contributed by atoms with Gasteiger partial charge in [0.05, 0.1) is 16.4 Å². The number of hydrogen-bond acceptors (Lipinski definition) is 5. The van der Waals surface area contributed by atoms with Crippen molar-refractivity contribution in [3.8, 4) is 0 Å². The first-order chi connectivity index (χ1) is 12.3. The number of halogens is 1. The van der Waals surface area contributed by atoms with Crippen molar-refractivity contribution >= 4 is 33.0 Å². The van der Waals surface area contributed by atoms with E-state index in [2.05, 4.69) is 10.0 Å². The highest BCUT2D eigenvalue weighted by molar-refractivity contribution is 7.89. The molecule has 1 aliphatic heterocycles. The quantitative estimate of drug-likeness (QED) is 0.811. The fraction of sp³-hybridized carbons (Fsp3) is 0.353. The molecular formula is C17H19FN2O4S2. The van der Waals surface area contributed by atoms with E-state index in [0.29, 0.717) is 41.3 Å². The van der Waals surface area contributed by atoms with Gasteiger partial charge in [0.2, 0.25) is 10.0 Å². The van der Waals surface area contributed by atoms with E-state index < -0.39 is 15.9 Å². The molecule has 3 rings (SSSR count). The molecule has 0 aliphatic carbocycles. The Balaban J connectivity index is 1.79. The van der Waals surface area contributed by atoms with E-state index in [1.807, 2.05) is 0 Å². The zero-order valence-corrected chi connectivity index (χ0v) is 16.0. The molecular weight excluding hydrogens is 379 g/mol. The predicted octanol–water partition coefficient (Wildman–Crippen LogP) is 2.82. The molecule has 1 atom stereocenters. The van der Waals surface area contributed by atoms with Crippen LogP contribution in [0, 0.1) is 19.7 Å². The van der Waals surface area contributed by atoms with Gasteiger partial charge in [0, 0.05) is 23.7 Å². The summed E-state index contributed by atoms with van der Waals surface area (Å²) in [5.41, 5.74) is 1.25. The van der Waals surface area contributed by atoms with Crippen LogP contribution >= 0.6 is 11.3 Å². The van der Waals surface area contributed by atoms with Gasteiger partial charge in [-0.2, -0.15) is 0 Å². The topological polar surface area (TPSA) is 84.5 Å². The molecule has 6 nitrogen and oxygen atoms in total. The number of carbonyl (C=O) groups is 1. The monoisotopic (exact) mass is 398 g/mol. The molecule has 1 aliphatic rings. The van der Waals surface area contributed by atoms with Crippen molar-refractivity contribution in [1.82, 2.24) is 4.72 Å². The maximum Gasteiger partial charge on any atom is 0.266 e. The van der Waals surface area contributed by atoms with Crippen molar-refractivity contribution in [2.45, 2.75) is 31.2 Å². The molecule has 0 spiro atoms. The molecule has 0 radical (unpaired) electrons. The van der Waals surface area contributed by atoms with Crippen molar-refractivity contribution in [2.75, 3.05) is 18.5 Å². The van der Waals surface area contributed by atoms with Crippen LogP contribution in [0.1, 0.15) is 27.2 Å². The van der Waals surface area contributed by atoms with E-state index >= 15 is 0 Å². The molecule has 1 saturated heterocycles. The van der Waals surface area contributed by atoms with Gasteiger partial charge in [0.25, 0.3) is 5.91 Å². The third-order valence-corrected chi connectivity index (χ3v) is 7.03. The van der Waals surface area contributed by atoms with Crippen LogP contribution in [0.2, 0.25) is 0 Å². The van der Waals surface area contributed by atoms with Crippen LogP contribution in [0.4, 0.5) is 10.1 Å². The molecule has 1 aromatic heterocycles. The Labute approximate surface area is 155 Å². The van der Waals surface area contributed by atoms with Gasteiger partial charge in [0.15, 0.2) is 0 Å². The Morgan fingerprint density at radius 1 is 1.35 bits per heavy atom. The summed E-state index contributed by atoms with van der Waals surface area (Å²) in [5.74, 6) is -0.783. The molecule has 2 aromatic rings. The van der Waals surface area contributed by atoms with Gasteiger partial charge >= 0.3 is 0 Å². The SMILES string of the molecule is Cc1cc(NC(=O)c2scc(S(=O)(=O)N[C@H]3CCOC3)c2C)ccc1F. The summed E-state index contributed by atoms with van der Waals surface area (Å²) >= 11 is 1.06. The van der Waals surface area contributed by atoms with Crippen LogP contribution in [-0.4, -0.2) is 33.6 Å². The van der Waals surface area contributed by atoms with Gasteiger partial charge in [-0.25, -0.2) is 17.5 Å². The minimum atomic E-state index is -3.72. The number of sulfonamides is 1. The van der Waals surface area contributed by atoms with E-state index in [1.54, 1.807) is 13.8 Å². The lowest BCUT2D eigenvalue weighted by Gasteiger charge is -2.11. The Kier molecular flexibility index (Phi) is 5.42. The van der Waals surface area contributed by atoms with Crippen LogP contribution < -0.4 is 10.0 Å². The van der Waals surface area contributed by atoms with E-state index in [9.17, 15) is 17.6 Å². The third-order valence-electron chi connectivity index (χ3n) is 4.16. The summed E-state index contributed by atoms with van der Waals surface area (Å²) in [6.07, 6.45) is 0.625. The normalized spacial score (nSPS) is 17.4. The van der Waals surface area contributed by atoms with Gasteiger partial charge in [-0.15, -0.1) is 11.3 Å². The average Bonchev–Trinajstić information content (AvgIpc) is 3.20. The summed E-state index contributed by atoms with van der Waals surface area (Å²) in [7, 11) is -3.72. The first kappa shape index (κ1) is 19.0. The molecule has 1 fully saturated rings. The standard InChI is InChI=1S/C17H19FN2O4S2/c1-10-7-12(3-4-14(10)18)19-17(21)16-11(2)15(9-25-16)26(22,23)20-13-5-6-24-8-13/h3-4,7,9,13,20H,5-6,8H2,1-2H3,(H,19,21)/t13-/m0/s1. The molecule has 2 N–H and O–H groups in total. The Hall–Kier alpha value is -1.81. The van der Waals surface area contributed by atoms with Gasteiger partial charge in [-0.05, 0) is 49.6 Å². The lowest BCUT2D eigenvalue weighted by molar-refractivity contribution is 0.103. The number of rotatable bonds is 5. The summed E-state index contributed by atoms with van der Waals surface area (Å²) < 4.78 is 46.2. The van der Waals surface area contributed by atoms with E-state index in [-0.39, 0.29) is 16.8 Å². The number of aryl methyl sites for hydroxylation is 1. The van der Waals surface area contributed by atoms with Gasteiger partial charge in [-0.3, -0.25) is 4.79 Å². The zero-order chi connectivity index (χ0) is 18.9. The highest BCUT2D eigenvalue weighted by Gasteiger charge is 2.27. The number of thiophene rings is 1. The summed E-state index contributed by atoms with van der Waals surface area (Å²) in [5, 5.41) is 4.13. The molecule has 2 heterocycles. The average molecular weight is 398 g/mol. The zero-order valence-electron chi connectivity index (χ0n) is 14.3. The highest BCUT2D eigenvalue weighted by atomic mass is 32.2. The minimum Gasteiger partial charge on any atom is -0.380 e. The van der Waals surface area contributed by atoms with E-state index in [1.165, 1.54) is 23.6 Å². The second kappa shape index (κ2) is 7.43. The van der Waals surface area contributed by atoms with Crippen molar-refractivity contribution < 1.29 is 22.3 Å². The van der Waals surface area contributed by atoms with Crippen molar-refractivity contribution in [1.29, 1.82) is 0 Å². The lowest BCUT2D eigenvalue weighted by atomic mass is 10.2. The first-order valence-electron chi connectivity index (χ1n) is 8.03. The Bertz CT molecular complexity index is 934. The number of amides is 1. The second-order valence-electron chi connectivity index (χ2n) is 6.15. The van der Waals surface area contributed by atoms with Gasteiger partial charge < -0.3 is 10.1 Å². The fourth-order valence-electron chi connectivity index (χ4n) is 2.71. The molecule has 0 saturated carbocycles. The number of hydrogen-bond donors (Lipinski definition) is 2. The number of ether oxygens (including phenoxy) is 1. The maximum atomic E-state index is 13.3. The van der Waals surface area contributed by atoms with Gasteiger partial charge in [0.1, 0.15) is 5.82 Å². The molecule has 0 unspecified atom stereocenters. The maximum absolute atomic E-state index is 13.3.